The minimum absolute atomic E-state index is 0.225. The van der Waals surface area contributed by atoms with Crippen LogP contribution in [0.15, 0.2) is 0 Å². The van der Waals surface area contributed by atoms with Gasteiger partial charge in [-0.15, -0.1) is 10.2 Å². The zero-order chi connectivity index (χ0) is 12.0. The van der Waals surface area contributed by atoms with Gasteiger partial charge in [0.1, 0.15) is 5.01 Å². The Morgan fingerprint density at radius 1 is 1.53 bits per heavy atom. The first-order chi connectivity index (χ1) is 8.09. The molecule has 0 bridgehead atoms. The first kappa shape index (κ1) is 11.1. The molecule has 2 heterocycles. The minimum atomic E-state index is -0.900. The molecule has 0 saturated heterocycles. The van der Waals surface area contributed by atoms with Crippen molar-refractivity contribution < 1.29 is 5.11 Å². The van der Waals surface area contributed by atoms with Gasteiger partial charge in [0.15, 0.2) is 5.82 Å². The fourth-order valence-electron chi connectivity index (χ4n) is 1.74. The van der Waals surface area contributed by atoms with Crippen molar-refractivity contribution in [3.8, 4) is 0 Å². The van der Waals surface area contributed by atoms with Crippen molar-refractivity contribution in [1.29, 1.82) is 0 Å². The normalized spacial score (nSPS) is 19.7. The summed E-state index contributed by atoms with van der Waals surface area (Å²) in [5, 5.41) is 23.5. The van der Waals surface area contributed by atoms with Crippen molar-refractivity contribution in [2.75, 3.05) is 6.54 Å². The standard InChI is InChI=1S/C10H15N5OS/c1-10(16,5-11)4-7-14-15-8(6-2-3-6)12-13-9(15)17-7/h6,16H,2-5,11H2,1H3. The third-order valence-electron chi connectivity index (χ3n) is 2.97. The summed E-state index contributed by atoms with van der Waals surface area (Å²) < 4.78 is 1.81. The van der Waals surface area contributed by atoms with Crippen LogP contribution >= 0.6 is 11.3 Å². The van der Waals surface area contributed by atoms with Gasteiger partial charge >= 0.3 is 0 Å². The van der Waals surface area contributed by atoms with Gasteiger partial charge in [-0.25, -0.2) is 0 Å². The molecule has 2 aromatic rings. The lowest BCUT2D eigenvalue weighted by atomic mass is 10.0. The number of aliphatic hydroxyl groups is 1. The van der Waals surface area contributed by atoms with Crippen molar-refractivity contribution >= 4 is 16.3 Å². The van der Waals surface area contributed by atoms with Crippen LogP contribution in [0.3, 0.4) is 0 Å². The first-order valence-electron chi connectivity index (χ1n) is 5.72. The Hall–Kier alpha value is -1.05. The molecule has 1 aliphatic rings. The Labute approximate surface area is 102 Å². The molecule has 17 heavy (non-hydrogen) atoms. The second-order valence-corrected chi connectivity index (χ2v) is 5.94. The molecule has 1 atom stereocenters. The van der Waals surface area contributed by atoms with Crippen LogP contribution in [-0.2, 0) is 6.42 Å². The number of fused-ring (bicyclic) bond motifs is 1. The van der Waals surface area contributed by atoms with Gasteiger partial charge in [0.2, 0.25) is 4.96 Å². The first-order valence-corrected chi connectivity index (χ1v) is 6.54. The van der Waals surface area contributed by atoms with E-state index in [0.717, 1.165) is 15.8 Å². The van der Waals surface area contributed by atoms with Crippen molar-refractivity contribution in [3.05, 3.63) is 10.8 Å². The highest BCUT2D eigenvalue weighted by atomic mass is 32.1. The molecule has 1 unspecified atom stereocenters. The van der Waals surface area contributed by atoms with Gasteiger partial charge in [-0.05, 0) is 19.8 Å². The summed E-state index contributed by atoms with van der Waals surface area (Å²) in [5.41, 5.74) is 4.60. The fourth-order valence-corrected chi connectivity index (χ4v) is 2.76. The van der Waals surface area contributed by atoms with E-state index in [9.17, 15) is 5.11 Å². The molecule has 1 aliphatic carbocycles. The Morgan fingerprint density at radius 3 is 2.94 bits per heavy atom. The third kappa shape index (κ3) is 2.05. The van der Waals surface area contributed by atoms with E-state index in [1.54, 1.807) is 6.92 Å². The summed E-state index contributed by atoms with van der Waals surface area (Å²) in [6, 6.07) is 0. The molecule has 92 valence electrons. The predicted octanol–water partition coefficient (Wildman–Crippen LogP) is 0.315. The molecule has 6 nitrogen and oxygen atoms in total. The van der Waals surface area contributed by atoms with Crippen LogP contribution in [0.4, 0.5) is 0 Å². The average molecular weight is 253 g/mol. The highest BCUT2D eigenvalue weighted by Gasteiger charge is 2.30. The number of nitrogens with two attached hydrogens (primary N) is 1. The number of rotatable bonds is 4. The number of hydrogen-bond donors (Lipinski definition) is 2. The summed E-state index contributed by atoms with van der Waals surface area (Å²) in [6.07, 6.45) is 2.81. The van der Waals surface area contributed by atoms with Crippen molar-refractivity contribution in [2.24, 2.45) is 5.73 Å². The fraction of sp³-hybridized carbons (Fsp3) is 0.700. The zero-order valence-electron chi connectivity index (χ0n) is 9.63. The Bertz CT molecular complexity index is 542. The lowest BCUT2D eigenvalue weighted by molar-refractivity contribution is 0.0693. The SMILES string of the molecule is CC(O)(CN)Cc1nn2c(C3CC3)nnc2s1. The van der Waals surface area contributed by atoms with Crippen LogP contribution in [0, 0.1) is 0 Å². The second-order valence-electron chi connectivity index (χ2n) is 4.90. The topological polar surface area (TPSA) is 89.3 Å². The Balaban J connectivity index is 1.91. The summed E-state index contributed by atoms with van der Waals surface area (Å²) in [6.45, 7) is 1.94. The molecule has 1 fully saturated rings. The van der Waals surface area contributed by atoms with E-state index in [1.807, 2.05) is 4.52 Å². The van der Waals surface area contributed by atoms with Crippen molar-refractivity contribution in [2.45, 2.75) is 37.7 Å². The van der Waals surface area contributed by atoms with E-state index in [-0.39, 0.29) is 6.54 Å². The lowest BCUT2D eigenvalue weighted by Gasteiger charge is -2.18. The summed E-state index contributed by atoms with van der Waals surface area (Å²) >= 11 is 1.47. The quantitative estimate of drug-likeness (QED) is 0.819. The molecule has 1 saturated carbocycles. The van der Waals surface area contributed by atoms with Crippen LogP contribution in [0.2, 0.25) is 0 Å². The van der Waals surface area contributed by atoms with E-state index in [4.69, 9.17) is 5.73 Å². The molecule has 0 radical (unpaired) electrons. The molecule has 7 heteroatoms. The molecule has 3 N–H and O–H groups in total. The summed E-state index contributed by atoms with van der Waals surface area (Å²) in [5.74, 6) is 1.48. The van der Waals surface area contributed by atoms with Gasteiger partial charge in [-0.2, -0.15) is 9.61 Å². The van der Waals surface area contributed by atoms with Gasteiger partial charge in [-0.3, -0.25) is 0 Å². The van der Waals surface area contributed by atoms with Crippen LogP contribution in [-0.4, -0.2) is 37.1 Å². The molecule has 0 amide bonds. The lowest BCUT2D eigenvalue weighted by Crippen LogP contribution is -2.36. The summed E-state index contributed by atoms with van der Waals surface area (Å²) in [4.78, 5) is 0.801. The monoisotopic (exact) mass is 253 g/mol. The van der Waals surface area contributed by atoms with E-state index >= 15 is 0 Å². The number of hydrogen-bond acceptors (Lipinski definition) is 6. The number of nitrogens with zero attached hydrogens (tertiary/aromatic N) is 4. The molecule has 0 aliphatic heterocycles. The largest absolute Gasteiger partial charge is 0.388 e. The molecule has 3 rings (SSSR count). The van der Waals surface area contributed by atoms with Crippen LogP contribution in [0.25, 0.3) is 4.96 Å². The third-order valence-corrected chi connectivity index (χ3v) is 3.87. The molecular weight excluding hydrogens is 238 g/mol. The van der Waals surface area contributed by atoms with E-state index in [2.05, 4.69) is 15.3 Å². The van der Waals surface area contributed by atoms with Crippen LogP contribution in [0.5, 0.6) is 0 Å². The maximum absolute atomic E-state index is 9.93. The second kappa shape index (κ2) is 3.72. The van der Waals surface area contributed by atoms with Crippen molar-refractivity contribution in [3.63, 3.8) is 0 Å². The minimum Gasteiger partial charge on any atom is -0.388 e. The van der Waals surface area contributed by atoms with E-state index in [0.29, 0.717) is 12.3 Å². The summed E-state index contributed by atoms with van der Waals surface area (Å²) in [7, 11) is 0. The van der Waals surface area contributed by atoms with Gasteiger partial charge in [0.25, 0.3) is 0 Å². The van der Waals surface area contributed by atoms with Gasteiger partial charge < -0.3 is 10.8 Å². The molecule has 0 aromatic carbocycles. The molecular formula is C10H15N5OS. The van der Waals surface area contributed by atoms with Crippen LogP contribution < -0.4 is 5.73 Å². The van der Waals surface area contributed by atoms with E-state index < -0.39 is 5.60 Å². The molecule has 0 spiro atoms. The Morgan fingerprint density at radius 2 is 2.29 bits per heavy atom. The van der Waals surface area contributed by atoms with Crippen LogP contribution in [0.1, 0.15) is 36.5 Å². The van der Waals surface area contributed by atoms with Crippen molar-refractivity contribution in [1.82, 2.24) is 19.8 Å². The molecule has 2 aromatic heterocycles. The van der Waals surface area contributed by atoms with Gasteiger partial charge in [0, 0.05) is 18.9 Å². The predicted molar refractivity (Wildman–Crippen MR) is 64.0 cm³/mol. The number of aromatic nitrogens is 4. The maximum atomic E-state index is 9.93. The Kier molecular flexibility index (Phi) is 2.42. The highest BCUT2D eigenvalue weighted by Crippen LogP contribution is 2.39. The maximum Gasteiger partial charge on any atom is 0.234 e. The zero-order valence-corrected chi connectivity index (χ0v) is 10.4. The average Bonchev–Trinajstić information content (AvgIpc) is 2.92. The smallest absolute Gasteiger partial charge is 0.234 e. The highest BCUT2D eigenvalue weighted by molar-refractivity contribution is 7.16. The van der Waals surface area contributed by atoms with Gasteiger partial charge in [0.05, 0.1) is 5.60 Å². The van der Waals surface area contributed by atoms with Gasteiger partial charge in [-0.1, -0.05) is 11.3 Å². The van der Waals surface area contributed by atoms with E-state index in [1.165, 1.54) is 24.2 Å².